The number of fused-ring (bicyclic) bond motifs is 2. The molecular weight excluding hydrogens is 188 g/mol. The lowest BCUT2D eigenvalue weighted by Gasteiger charge is -1.92. The number of para-hydroxylation sites is 1. The van der Waals surface area contributed by atoms with Crippen molar-refractivity contribution in [2.75, 3.05) is 0 Å². The predicted octanol–water partition coefficient (Wildman–Crippen LogP) is 3.57. The lowest BCUT2D eigenvalue weighted by molar-refractivity contribution is 0.474. The van der Waals surface area contributed by atoms with E-state index in [2.05, 4.69) is 0 Å². The zero-order valence-corrected chi connectivity index (χ0v) is 7.97. The lowest BCUT2D eigenvalue weighted by atomic mass is 10.1. The van der Waals surface area contributed by atoms with Gasteiger partial charge in [0.1, 0.15) is 5.75 Å². The van der Waals surface area contributed by atoms with E-state index in [1.807, 2.05) is 36.4 Å². The predicted molar refractivity (Wildman–Crippen MR) is 59.8 cm³/mol. The van der Waals surface area contributed by atoms with Crippen molar-refractivity contribution in [2.24, 2.45) is 0 Å². The summed E-state index contributed by atoms with van der Waals surface area (Å²) in [5.41, 5.74) is 1.53. The van der Waals surface area contributed by atoms with Gasteiger partial charge in [-0.05, 0) is 24.3 Å². The molecule has 0 amide bonds. The van der Waals surface area contributed by atoms with Crippen LogP contribution >= 0.6 is 0 Å². The van der Waals surface area contributed by atoms with Crippen molar-refractivity contribution in [2.45, 2.75) is 0 Å². The Balaban J connectivity index is 2.47. The molecule has 0 saturated heterocycles. The SMILES string of the molecule is Oc1ccc2cc3ccccc3[o+]c2c1. The summed E-state index contributed by atoms with van der Waals surface area (Å²) in [6, 6.07) is 15.0. The van der Waals surface area contributed by atoms with Crippen LogP contribution in [0.4, 0.5) is 0 Å². The van der Waals surface area contributed by atoms with Gasteiger partial charge in [-0.1, -0.05) is 12.1 Å². The molecule has 0 fully saturated rings. The summed E-state index contributed by atoms with van der Waals surface area (Å²) in [7, 11) is 0. The number of benzene rings is 2. The fraction of sp³-hybridized carbons (Fsp3) is 0. The minimum Gasteiger partial charge on any atom is -0.508 e. The molecule has 1 aromatic heterocycles. The third kappa shape index (κ3) is 1.31. The summed E-state index contributed by atoms with van der Waals surface area (Å²) >= 11 is 0. The molecule has 2 heteroatoms. The number of hydrogen-bond donors (Lipinski definition) is 1. The minimum atomic E-state index is 0.224. The second kappa shape index (κ2) is 2.95. The lowest BCUT2D eigenvalue weighted by Crippen LogP contribution is -1.75. The Labute approximate surface area is 86.4 Å². The maximum atomic E-state index is 9.34. The summed E-state index contributed by atoms with van der Waals surface area (Å²) in [5.74, 6) is 0.224. The smallest absolute Gasteiger partial charge is 0.364 e. The van der Waals surface area contributed by atoms with Crippen molar-refractivity contribution >= 4 is 21.9 Å². The van der Waals surface area contributed by atoms with Crippen LogP contribution in [0.2, 0.25) is 0 Å². The van der Waals surface area contributed by atoms with Crippen LogP contribution in [0.15, 0.2) is 52.9 Å². The summed E-state index contributed by atoms with van der Waals surface area (Å²) in [4.78, 5) is 0. The van der Waals surface area contributed by atoms with Gasteiger partial charge >= 0.3 is 11.2 Å². The monoisotopic (exact) mass is 197 g/mol. The Hall–Kier alpha value is -2.09. The summed E-state index contributed by atoms with van der Waals surface area (Å²) in [6.45, 7) is 0. The first-order chi connectivity index (χ1) is 7.33. The zero-order valence-electron chi connectivity index (χ0n) is 7.97. The van der Waals surface area contributed by atoms with Crippen LogP contribution in [-0.2, 0) is 0 Å². The van der Waals surface area contributed by atoms with Crippen LogP contribution in [0.1, 0.15) is 0 Å². The molecule has 3 rings (SSSR count). The van der Waals surface area contributed by atoms with Gasteiger partial charge in [0.15, 0.2) is 0 Å². The van der Waals surface area contributed by atoms with E-state index in [1.54, 1.807) is 12.1 Å². The maximum Gasteiger partial charge on any atom is 0.364 e. The first kappa shape index (κ1) is 8.24. The van der Waals surface area contributed by atoms with Gasteiger partial charge in [-0.15, -0.1) is 0 Å². The third-order valence-corrected chi connectivity index (χ3v) is 2.45. The molecule has 1 heterocycles. The second-order valence-corrected chi connectivity index (χ2v) is 3.51. The van der Waals surface area contributed by atoms with Crippen LogP contribution in [0.25, 0.3) is 21.9 Å². The molecule has 15 heavy (non-hydrogen) atoms. The molecule has 0 aliphatic rings. The second-order valence-electron chi connectivity index (χ2n) is 3.51. The van der Waals surface area contributed by atoms with Crippen molar-refractivity contribution in [3.8, 4) is 5.75 Å². The van der Waals surface area contributed by atoms with Crippen molar-refractivity contribution in [3.05, 3.63) is 48.5 Å². The van der Waals surface area contributed by atoms with Gasteiger partial charge in [0.25, 0.3) is 0 Å². The Kier molecular flexibility index (Phi) is 1.62. The molecule has 2 nitrogen and oxygen atoms in total. The molecule has 1 N–H and O–H groups in total. The molecule has 0 aliphatic heterocycles. The molecule has 72 valence electrons. The van der Waals surface area contributed by atoms with Gasteiger partial charge in [-0.2, -0.15) is 0 Å². The molecule has 0 saturated carbocycles. The van der Waals surface area contributed by atoms with E-state index in [9.17, 15) is 5.11 Å². The summed E-state index contributed by atoms with van der Waals surface area (Å²) in [6.07, 6.45) is 0. The quantitative estimate of drug-likeness (QED) is 0.441. The van der Waals surface area contributed by atoms with E-state index in [-0.39, 0.29) is 5.75 Å². The summed E-state index contributed by atoms with van der Waals surface area (Å²) < 4.78 is 5.67. The van der Waals surface area contributed by atoms with Crippen molar-refractivity contribution in [3.63, 3.8) is 0 Å². The third-order valence-electron chi connectivity index (χ3n) is 2.45. The van der Waals surface area contributed by atoms with Gasteiger partial charge in [0.05, 0.1) is 16.8 Å². The van der Waals surface area contributed by atoms with E-state index in [1.165, 1.54) is 0 Å². The Bertz CT molecular complexity index is 644. The minimum absolute atomic E-state index is 0.224. The molecule has 3 aromatic rings. The highest BCUT2D eigenvalue weighted by Gasteiger charge is 2.11. The van der Waals surface area contributed by atoms with Crippen LogP contribution in [0, 0.1) is 0 Å². The average molecular weight is 197 g/mol. The van der Waals surface area contributed by atoms with E-state index < -0.39 is 0 Å². The molecule has 0 unspecified atom stereocenters. The highest BCUT2D eigenvalue weighted by Crippen LogP contribution is 2.25. The molecule has 0 radical (unpaired) electrons. The molecule has 0 atom stereocenters. The number of rotatable bonds is 0. The van der Waals surface area contributed by atoms with Crippen molar-refractivity contribution < 1.29 is 9.52 Å². The molecule has 0 spiro atoms. The molecular formula is C13H9O2+. The van der Waals surface area contributed by atoms with E-state index in [0.717, 1.165) is 16.4 Å². The van der Waals surface area contributed by atoms with Gasteiger partial charge in [0, 0.05) is 6.07 Å². The molecule has 0 bridgehead atoms. The van der Waals surface area contributed by atoms with Crippen molar-refractivity contribution in [1.82, 2.24) is 0 Å². The van der Waals surface area contributed by atoms with Gasteiger partial charge in [0.2, 0.25) is 0 Å². The molecule has 0 aliphatic carbocycles. The average Bonchev–Trinajstić information content (AvgIpc) is 2.26. The van der Waals surface area contributed by atoms with E-state index in [4.69, 9.17) is 4.42 Å². The first-order valence-electron chi connectivity index (χ1n) is 4.77. The zero-order chi connectivity index (χ0) is 10.3. The topological polar surface area (TPSA) is 31.5 Å². The van der Waals surface area contributed by atoms with Crippen LogP contribution in [0.3, 0.4) is 0 Å². The Morgan fingerprint density at radius 3 is 2.53 bits per heavy atom. The number of hydrogen-bond acceptors (Lipinski definition) is 1. The molecule has 2 aromatic carbocycles. The fourth-order valence-corrected chi connectivity index (χ4v) is 1.71. The van der Waals surface area contributed by atoms with Crippen LogP contribution < -0.4 is 0 Å². The number of phenols is 1. The fourth-order valence-electron chi connectivity index (χ4n) is 1.71. The summed E-state index contributed by atoms with van der Waals surface area (Å²) in [5, 5.41) is 11.4. The van der Waals surface area contributed by atoms with Gasteiger partial charge < -0.3 is 5.11 Å². The van der Waals surface area contributed by atoms with Gasteiger partial charge in [-0.25, -0.2) is 4.42 Å². The van der Waals surface area contributed by atoms with Crippen molar-refractivity contribution in [1.29, 1.82) is 0 Å². The maximum absolute atomic E-state index is 9.34. The van der Waals surface area contributed by atoms with Gasteiger partial charge in [-0.3, -0.25) is 0 Å². The highest BCUT2D eigenvalue weighted by atomic mass is 16.3. The first-order valence-corrected chi connectivity index (χ1v) is 4.77. The largest absolute Gasteiger partial charge is 0.508 e. The van der Waals surface area contributed by atoms with Crippen LogP contribution in [-0.4, -0.2) is 5.11 Å². The number of aromatic hydroxyl groups is 1. The van der Waals surface area contributed by atoms with E-state index in [0.29, 0.717) is 5.58 Å². The van der Waals surface area contributed by atoms with Crippen LogP contribution in [0.5, 0.6) is 5.75 Å². The Morgan fingerprint density at radius 1 is 0.800 bits per heavy atom. The standard InChI is InChI=1S/C13H8O2/c14-11-6-5-10-7-9-3-1-2-4-12(9)15-13(10)8-11/h1-8H/p+1. The Morgan fingerprint density at radius 2 is 1.60 bits per heavy atom. The number of phenolic OH excluding ortho intramolecular Hbond substituents is 1. The normalized spacial score (nSPS) is 10.9. The highest BCUT2D eigenvalue weighted by molar-refractivity contribution is 5.90. The van der Waals surface area contributed by atoms with E-state index >= 15 is 0 Å².